The predicted octanol–water partition coefficient (Wildman–Crippen LogP) is 2.33. The molecule has 1 saturated heterocycles. The summed E-state index contributed by atoms with van der Waals surface area (Å²) in [6, 6.07) is 8.32. The van der Waals surface area contributed by atoms with Crippen molar-refractivity contribution in [2.45, 2.75) is 26.2 Å². The fourth-order valence-electron chi connectivity index (χ4n) is 2.65. The van der Waals surface area contributed by atoms with E-state index in [-0.39, 0.29) is 0 Å². The monoisotopic (exact) mass is 263 g/mol. The van der Waals surface area contributed by atoms with Gasteiger partial charge in [-0.3, -0.25) is 4.90 Å². The zero-order valence-corrected chi connectivity index (χ0v) is 11.8. The van der Waals surface area contributed by atoms with E-state index in [2.05, 4.69) is 30.0 Å². The number of nitrogens with zero attached hydrogens (tertiary/aromatic N) is 1. The van der Waals surface area contributed by atoms with Crippen LogP contribution in [-0.4, -0.2) is 42.9 Å². The van der Waals surface area contributed by atoms with Gasteiger partial charge in [0.05, 0.1) is 0 Å². The summed E-state index contributed by atoms with van der Waals surface area (Å²) < 4.78 is 5.82. The fourth-order valence-corrected chi connectivity index (χ4v) is 2.65. The second-order valence-corrected chi connectivity index (χ2v) is 5.34. The normalized spacial score (nSPS) is 20.4. The molecule has 2 rings (SSSR count). The molecule has 19 heavy (non-hydrogen) atoms. The Bertz CT molecular complexity index is 381. The summed E-state index contributed by atoms with van der Waals surface area (Å²) in [5.41, 5.74) is 1.32. The van der Waals surface area contributed by atoms with Gasteiger partial charge < -0.3 is 9.84 Å². The number of benzene rings is 1. The second kappa shape index (κ2) is 7.51. The molecule has 1 unspecified atom stereocenters. The minimum atomic E-state index is 0.315. The van der Waals surface area contributed by atoms with Gasteiger partial charge in [-0.1, -0.05) is 19.1 Å². The van der Waals surface area contributed by atoms with Crippen LogP contribution in [0.1, 0.15) is 25.3 Å². The number of aliphatic hydroxyl groups is 1. The Morgan fingerprint density at radius 3 is 3.11 bits per heavy atom. The van der Waals surface area contributed by atoms with Gasteiger partial charge in [0.15, 0.2) is 0 Å². The van der Waals surface area contributed by atoms with Crippen LogP contribution in [0.4, 0.5) is 0 Å². The highest BCUT2D eigenvalue weighted by Crippen LogP contribution is 2.16. The maximum Gasteiger partial charge on any atom is 0.119 e. The van der Waals surface area contributed by atoms with E-state index in [4.69, 9.17) is 4.74 Å². The number of hydrogen-bond acceptors (Lipinski definition) is 3. The van der Waals surface area contributed by atoms with Crippen LogP contribution in [0.3, 0.4) is 0 Å². The third kappa shape index (κ3) is 4.51. The van der Waals surface area contributed by atoms with Crippen molar-refractivity contribution in [3.05, 3.63) is 29.8 Å². The summed E-state index contributed by atoms with van der Waals surface area (Å²) in [6.07, 6.45) is 3.39. The van der Waals surface area contributed by atoms with Crippen LogP contribution in [0.25, 0.3) is 0 Å². The Kier molecular flexibility index (Phi) is 5.67. The maximum atomic E-state index is 9.21. The minimum absolute atomic E-state index is 0.315. The smallest absolute Gasteiger partial charge is 0.119 e. The van der Waals surface area contributed by atoms with Gasteiger partial charge in [0.2, 0.25) is 0 Å². The van der Waals surface area contributed by atoms with Crippen molar-refractivity contribution in [2.75, 3.05) is 32.8 Å². The molecule has 106 valence electrons. The number of likely N-dealkylation sites (tertiary alicyclic amines) is 1. The molecular weight excluding hydrogens is 238 g/mol. The molecule has 1 aliphatic rings. The first-order valence-corrected chi connectivity index (χ1v) is 7.36. The van der Waals surface area contributed by atoms with E-state index < -0.39 is 0 Å². The van der Waals surface area contributed by atoms with Gasteiger partial charge in [0, 0.05) is 19.7 Å². The van der Waals surface area contributed by atoms with Crippen LogP contribution in [-0.2, 0) is 6.42 Å². The molecule has 1 atom stereocenters. The standard InChI is InChI=1S/C16H25NO2/c1-2-14-5-3-7-16(11-14)19-10-9-17-8-4-6-15(12-17)13-18/h3,5,7,11,15,18H,2,4,6,8-10,12-13H2,1H3. The number of hydrogen-bond donors (Lipinski definition) is 1. The molecule has 0 bridgehead atoms. The van der Waals surface area contributed by atoms with Crippen molar-refractivity contribution < 1.29 is 9.84 Å². The minimum Gasteiger partial charge on any atom is -0.492 e. The molecule has 0 aromatic heterocycles. The van der Waals surface area contributed by atoms with Crippen molar-refractivity contribution in [3.8, 4) is 5.75 Å². The lowest BCUT2D eigenvalue weighted by molar-refractivity contribution is 0.107. The Hall–Kier alpha value is -1.06. The molecule has 0 amide bonds. The third-order valence-corrected chi connectivity index (χ3v) is 3.84. The molecule has 1 heterocycles. The van der Waals surface area contributed by atoms with E-state index >= 15 is 0 Å². The lowest BCUT2D eigenvalue weighted by Gasteiger charge is -2.31. The van der Waals surface area contributed by atoms with E-state index in [0.717, 1.165) is 44.8 Å². The van der Waals surface area contributed by atoms with Gasteiger partial charge in [-0.2, -0.15) is 0 Å². The van der Waals surface area contributed by atoms with E-state index in [1.165, 1.54) is 12.0 Å². The van der Waals surface area contributed by atoms with E-state index in [0.29, 0.717) is 12.5 Å². The van der Waals surface area contributed by atoms with E-state index in [9.17, 15) is 5.11 Å². The predicted molar refractivity (Wildman–Crippen MR) is 77.6 cm³/mol. The van der Waals surface area contributed by atoms with Gasteiger partial charge in [0.25, 0.3) is 0 Å². The summed E-state index contributed by atoms with van der Waals surface area (Å²) in [6.45, 7) is 6.29. The van der Waals surface area contributed by atoms with Crippen LogP contribution >= 0.6 is 0 Å². The molecule has 3 nitrogen and oxygen atoms in total. The summed E-state index contributed by atoms with van der Waals surface area (Å²) in [5, 5.41) is 9.21. The van der Waals surface area contributed by atoms with Crippen molar-refractivity contribution in [1.29, 1.82) is 0 Å². The first-order valence-electron chi connectivity index (χ1n) is 7.36. The lowest BCUT2D eigenvalue weighted by Crippen LogP contribution is -2.39. The number of aliphatic hydroxyl groups excluding tert-OH is 1. The SMILES string of the molecule is CCc1cccc(OCCN2CCCC(CO)C2)c1. The third-order valence-electron chi connectivity index (χ3n) is 3.84. The molecule has 0 radical (unpaired) electrons. The number of rotatable bonds is 6. The first kappa shape index (κ1) is 14.4. The number of aryl methyl sites for hydroxylation is 1. The lowest BCUT2D eigenvalue weighted by atomic mass is 9.99. The summed E-state index contributed by atoms with van der Waals surface area (Å²) in [5.74, 6) is 1.42. The topological polar surface area (TPSA) is 32.7 Å². The molecular formula is C16H25NO2. The second-order valence-electron chi connectivity index (χ2n) is 5.34. The highest BCUT2D eigenvalue weighted by Gasteiger charge is 2.18. The summed E-state index contributed by atoms with van der Waals surface area (Å²) in [7, 11) is 0. The molecule has 1 N–H and O–H groups in total. The number of ether oxygens (including phenoxy) is 1. The molecule has 1 aliphatic heterocycles. The van der Waals surface area contributed by atoms with Gasteiger partial charge >= 0.3 is 0 Å². The molecule has 3 heteroatoms. The van der Waals surface area contributed by atoms with Gasteiger partial charge in [-0.05, 0) is 49.4 Å². The largest absolute Gasteiger partial charge is 0.492 e. The number of piperidine rings is 1. The fraction of sp³-hybridized carbons (Fsp3) is 0.625. The zero-order chi connectivity index (χ0) is 13.5. The van der Waals surface area contributed by atoms with Crippen LogP contribution in [0.15, 0.2) is 24.3 Å². The molecule has 0 saturated carbocycles. The van der Waals surface area contributed by atoms with Crippen LogP contribution in [0.2, 0.25) is 0 Å². The Morgan fingerprint density at radius 1 is 1.42 bits per heavy atom. The van der Waals surface area contributed by atoms with Crippen molar-refractivity contribution in [1.82, 2.24) is 4.90 Å². The molecule has 0 aliphatic carbocycles. The molecule has 0 spiro atoms. The summed E-state index contributed by atoms with van der Waals surface area (Å²) >= 11 is 0. The Balaban J connectivity index is 1.73. The highest BCUT2D eigenvalue weighted by molar-refractivity contribution is 5.28. The van der Waals surface area contributed by atoms with Crippen LogP contribution in [0, 0.1) is 5.92 Å². The molecule has 1 aromatic rings. The first-order chi connectivity index (χ1) is 9.31. The van der Waals surface area contributed by atoms with Gasteiger partial charge in [0.1, 0.15) is 12.4 Å². The van der Waals surface area contributed by atoms with Crippen LogP contribution in [0.5, 0.6) is 5.75 Å². The average Bonchev–Trinajstić information content (AvgIpc) is 2.48. The summed E-state index contributed by atoms with van der Waals surface area (Å²) in [4.78, 5) is 2.40. The highest BCUT2D eigenvalue weighted by atomic mass is 16.5. The molecule has 1 fully saturated rings. The van der Waals surface area contributed by atoms with E-state index in [1.807, 2.05) is 6.07 Å². The Morgan fingerprint density at radius 2 is 2.32 bits per heavy atom. The average molecular weight is 263 g/mol. The Labute approximate surface area is 116 Å². The zero-order valence-electron chi connectivity index (χ0n) is 11.8. The van der Waals surface area contributed by atoms with Gasteiger partial charge in [-0.25, -0.2) is 0 Å². The van der Waals surface area contributed by atoms with Gasteiger partial charge in [-0.15, -0.1) is 0 Å². The maximum absolute atomic E-state index is 9.21. The molecule has 1 aromatic carbocycles. The van der Waals surface area contributed by atoms with Crippen molar-refractivity contribution >= 4 is 0 Å². The van der Waals surface area contributed by atoms with E-state index in [1.54, 1.807) is 0 Å². The quantitative estimate of drug-likeness (QED) is 0.855. The van der Waals surface area contributed by atoms with Crippen molar-refractivity contribution in [2.24, 2.45) is 5.92 Å². The van der Waals surface area contributed by atoms with Crippen molar-refractivity contribution in [3.63, 3.8) is 0 Å². The van der Waals surface area contributed by atoms with Crippen LogP contribution < -0.4 is 4.74 Å².